The molecule has 114 valence electrons. The summed E-state index contributed by atoms with van der Waals surface area (Å²) in [5.74, 6) is 0.299. The van der Waals surface area contributed by atoms with E-state index in [0.29, 0.717) is 18.8 Å². The molecule has 0 saturated carbocycles. The molecular weight excluding hydrogens is 347 g/mol. The minimum atomic E-state index is -3.94. The average Bonchev–Trinajstić information content (AvgIpc) is 2.33. The molecule has 0 N–H and O–H groups in total. The maximum Gasteiger partial charge on any atom is 0.262 e. The zero-order chi connectivity index (χ0) is 15.6. The van der Waals surface area contributed by atoms with Crippen molar-refractivity contribution in [1.29, 1.82) is 0 Å². The van der Waals surface area contributed by atoms with Gasteiger partial charge in [-0.2, -0.15) is 0 Å². The van der Waals surface area contributed by atoms with E-state index in [-0.39, 0.29) is 20.5 Å². The topological polar surface area (TPSA) is 52.6 Å². The van der Waals surface area contributed by atoms with E-state index in [1.807, 2.05) is 13.8 Å². The van der Waals surface area contributed by atoms with Crippen LogP contribution in [0.2, 0.25) is 10.0 Å². The molecule has 20 heavy (non-hydrogen) atoms. The Kier molecular flexibility index (Phi) is 5.99. The predicted octanol–water partition coefficient (Wildman–Crippen LogP) is 4.11. The summed E-state index contributed by atoms with van der Waals surface area (Å²) in [7, 11) is 2.92. The van der Waals surface area contributed by atoms with Crippen LogP contribution in [0.4, 0.5) is 0 Å². The zero-order valence-electron chi connectivity index (χ0n) is 11.2. The van der Waals surface area contributed by atoms with E-state index >= 15 is 0 Å². The molecule has 0 unspecified atom stereocenters. The highest BCUT2D eigenvalue weighted by molar-refractivity contribution is 8.13. The maximum absolute atomic E-state index is 11.3. The molecule has 0 spiro atoms. The fourth-order valence-corrected chi connectivity index (χ4v) is 3.11. The lowest BCUT2D eigenvalue weighted by molar-refractivity contribution is 0.00546. The lowest BCUT2D eigenvalue weighted by Crippen LogP contribution is -2.25. The fourth-order valence-electron chi connectivity index (χ4n) is 1.32. The molecule has 0 radical (unpaired) electrons. The number of benzene rings is 1. The van der Waals surface area contributed by atoms with Gasteiger partial charge < -0.3 is 9.47 Å². The lowest BCUT2D eigenvalue weighted by atomic mass is 10.1. The Labute approximate surface area is 133 Å². The summed E-state index contributed by atoms with van der Waals surface area (Å²) in [5.41, 5.74) is -0.324. The van der Waals surface area contributed by atoms with Gasteiger partial charge in [0, 0.05) is 24.2 Å². The number of halogens is 3. The monoisotopic (exact) mass is 360 g/mol. The van der Waals surface area contributed by atoms with E-state index in [1.165, 1.54) is 12.1 Å². The summed E-state index contributed by atoms with van der Waals surface area (Å²) in [4.78, 5) is -0.240. The standard InChI is InChI=1S/C12H15Cl3O4S/c1-12(2,18-3)6-7-19-8-4-5-9(20(15,16)17)11(14)10(8)13/h4-5H,6-7H2,1-3H3. The second-order valence-electron chi connectivity index (χ2n) is 4.69. The van der Waals surface area contributed by atoms with Crippen molar-refractivity contribution in [3.8, 4) is 5.75 Å². The summed E-state index contributed by atoms with van der Waals surface area (Å²) < 4.78 is 33.3. The summed E-state index contributed by atoms with van der Waals surface area (Å²) in [6.07, 6.45) is 0.632. The minimum absolute atomic E-state index is 0.0172. The quantitative estimate of drug-likeness (QED) is 0.715. The summed E-state index contributed by atoms with van der Waals surface area (Å²) >= 11 is 11.9. The largest absolute Gasteiger partial charge is 0.492 e. The highest BCUT2D eigenvalue weighted by Crippen LogP contribution is 2.38. The number of methoxy groups -OCH3 is 1. The van der Waals surface area contributed by atoms with Crippen molar-refractivity contribution in [3.63, 3.8) is 0 Å². The summed E-state index contributed by atoms with van der Waals surface area (Å²) in [6, 6.07) is 2.68. The van der Waals surface area contributed by atoms with Crippen LogP contribution in [0.1, 0.15) is 20.3 Å². The number of hydrogen-bond acceptors (Lipinski definition) is 4. The smallest absolute Gasteiger partial charge is 0.262 e. The highest BCUT2D eigenvalue weighted by atomic mass is 35.7. The van der Waals surface area contributed by atoms with Gasteiger partial charge in [0.15, 0.2) is 0 Å². The minimum Gasteiger partial charge on any atom is -0.492 e. The van der Waals surface area contributed by atoms with E-state index in [2.05, 4.69) is 0 Å². The van der Waals surface area contributed by atoms with Crippen molar-refractivity contribution in [2.75, 3.05) is 13.7 Å². The molecule has 0 fully saturated rings. The van der Waals surface area contributed by atoms with Crippen LogP contribution in [0, 0.1) is 0 Å². The molecule has 0 bridgehead atoms. The van der Waals surface area contributed by atoms with E-state index in [4.69, 9.17) is 43.4 Å². The molecule has 0 saturated heterocycles. The number of rotatable bonds is 6. The van der Waals surface area contributed by atoms with Gasteiger partial charge in [-0.05, 0) is 26.0 Å². The van der Waals surface area contributed by atoms with Gasteiger partial charge in [0.25, 0.3) is 9.05 Å². The van der Waals surface area contributed by atoms with Crippen LogP contribution in [0.5, 0.6) is 5.75 Å². The van der Waals surface area contributed by atoms with Crippen LogP contribution in [0.3, 0.4) is 0 Å². The van der Waals surface area contributed by atoms with Crippen molar-refractivity contribution >= 4 is 42.9 Å². The van der Waals surface area contributed by atoms with Crippen molar-refractivity contribution in [1.82, 2.24) is 0 Å². The lowest BCUT2D eigenvalue weighted by Gasteiger charge is -2.22. The predicted molar refractivity (Wildman–Crippen MR) is 80.7 cm³/mol. The highest BCUT2D eigenvalue weighted by Gasteiger charge is 2.21. The molecule has 0 atom stereocenters. The van der Waals surface area contributed by atoms with Crippen molar-refractivity contribution < 1.29 is 17.9 Å². The van der Waals surface area contributed by atoms with Gasteiger partial charge >= 0.3 is 0 Å². The van der Waals surface area contributed by atoms with Crippen molar-refractivity contribution in [3.05, 3.63) is 22.2 Å². The van der Waals surface area contributed by atoms with Gasteiger partial charge in [-0.3, -0.25) is 0 Å². The third-order valence-corrected chi connectivity index (χ3v) is 5.13. The van der Waals surface area contributed by atoms with E-state index in [1.54, 1.807) is 7.11 Å². The Morgan fingerprint density at radius 3 is 2.30 bits per heavy atom. The van der Waals surface area contributed by atoms with Gasteiger partial charge in [0.1, 0.15) is 15.7 Å². The molecule has 8 heteroatoms. The second-order valence-corrected chi connectivity index (χ2v) is 7.98. The van der Waals surface area contributed by atoms with Crippen molar-refractivity contribution in [2.45, 2.75) is 30.8 Å². The van der Waals surface area contributed by atoms with Crippen LogP contribution in [-0.2, 0) is 13.8 Å². The van der Waals surface area contributed by atoms with Gasteiger partial charge in [-0.1, -0.05) is 23.2 Å². The summed E-state index contributed by atoms with van der Waals surface area (Å²) in [5, 5.41) is -0.131. The summed E-state index contributed by atoms with van der Waals surface area (Å²) in [6.45, 7) is 4.20. The van der Waals surface area contributed by atoms with Crippen LogP contribution >= 0.6 is 33.9 Å². The Hall–Kier alpha value is -0.200. The number of ether oxygens (including phenoxy) is 2. The van der Waals surface area contributed by atoms with Gasteiger partial charge in [0.2, 0.25) is 0 Å². The number of hydrogen-bond donors (Lipinski definition) is 0. The Morgan fingerprint density at radius 2 is 1.80 bits per heavy atom. The van der Waals surface area contributed by atoms with Crippen molar-refractivity contribution in [2.24, 2.45) is 0 Å². The molecule has 1 aromatic carbocycles. The molecule has 0 aromatic heterocycles. The molecule has 0 amide bonds. The van der Waals surface area contributed by atoms with Gasteiger partial charge in [0.05, 0.1) is 17.2 Å². The third kappa shape index (κ3) is 4.67. The normalized spacial score (nSPS) is 12.5. The van der Waals surface area contributed by atoms with Crippen LogP contribution < -0.4 is 4.74 Å². The van der Waals surface area contributed by atoms with Crippen LogP contribution in [0.15, 0.2) is 17.0 Å². The first-order valence-corrected chi connectivity index (χ1v) is 8.75. The Bertz CT molecular complexity index is 585. The molecule has 1 rings (SSSR count). The molecular formula is C12H15Cl3O4S. The van der Waals surface area contributed by atoms with Gasteiger partial charge in [-0.15, -0.1) is 0 Å². The van der Waals surface area contributed by atoms with E-state index in [0.717, 1.165) is 0 Å². The third-order valence-electron chi connectivity index (χ3n) is 2.79. The van der Waals surface area contributed by atoms with Gasteiger partial charge in [-0.25, -0.2) is 8.42 Å². The van der Waals surface area contributed by atoms with E-state index < -0.39 is 9.05 Å². The van der Waals surface area contributed by atoms with Crippen LogP contribution in [0.25, 0.3) is 0 Å². The average molecular weight is 362 g/mol. The molecule has 4 nitrogen and oxygen atoms in total. The SMILES string of the molecule is COC(C)(C)CCOc1ccc(S(=O)(=O)Cl)c(Cl)c1Cl. The molecule has 1 aromatic rings. The Morgan fingerprint density at radius 1 is 1.20 bits per heavy atom. The fraction of sp³-hybridized carbons (Fsp3) is 0.500. The Balaban J connectivity index is 2.87. The molecule has 0 heterocycles. The zero-order valence-corrected chi connectivity index (χ0v) is 14.3. The first-order chi connectivity index (χ1) is 9.08. The van der Waals surface area contributed by atoms with Crippen LogP contribution in [-0.4, -0.2) is 27.7 Å². The maximum atomic E-state index is 11.3. The first-order valence-electron chi connectivity index (χ1n) is 5.69. The molecule has 0 aliphatic heterocycles. The molecule has 0 aliphatic carbocycles. The first kappa shape index (κ1) is 17.9. The van der Waals surface area contributed by atoms with E-state index in [9.17, 15) is 8.42 Å². The molecule has 0 aliphatic rings. The second kappa shape index (κ2) is 6.71.